The first-order valence-electron chi connectivity index (χ1n) is 7.53. The Morgan fingerprint density at radius 1 is 1.29 bits per heavy atom. The van der Waals surface area contributed by atoms with Gasteiger partial charge in [0.2, 0.25) is 0 Å². The van der Waals surface area contributed by atoms with Crippen molar-refractivity contribution < 1.29 is 0 Å². The summed E-state index contributed by atoms with van der Waals surface area (Å²) in [7, 11) is 0. The predicted octanol–water partition coefficient (Wildman–Crippen LogP) is 4.20. The van der Waals surface area contributed by atoms with E-state index in [4.69, 9.17) is 0 Å². The standard InChI is InChI=1S/C17H23N3S/c1-10-8-11(2)20-16-13(10)12-9-19-15(14(12)21-16)18-7-6-17(3,4)5/h8H,6-7,9H2,1-5H3,(H,18,19). The Morgan fingerprint density at radius 3 is 2.76 bits per heavy atom. The summed E-state index contributed by atoms with van der Waals surface area (Å²) in [6, 6.07) is 2.17. The van der Waals surface area contributed by atoms with Crippen LogP contribution in [0.5, 0.6) is 0 Å². The van der Waals surface area contributed by atoms with Crippen LogP contribution in [0.15, 0.2) is 11.1 Å². The molecule has 112 valence electrons. The van der Waals surface area contributed by atoms with E-state index in [0.29, 0.717) is 5.41 Å². The van der Waals surface area contributed by atoms with Crippen LogP contribution in [0, 0.1) is 19.3 Å². The molecule has 2 aromatic heterocycles. The van der Waals surface area contributed by atoms with E-state index >= 15 is 0 Å². The van der Waals surface area contributed by atoms with Gasteiger partial charge in [0.05, 0.1) is 11.4 Å². The highest BCUT2D eigenvalue weighted by atomic mass is 32.1. The van der Waals surface area contributed by atoms with Gasteiger partial charge in [-0.1, -0.05) is 20.8 Å². The molecule has 0 spiro atoms. The Morgan fingerprint density at radius 2 is 2.05 bits per heavy atom. The summed E-state index contributed by atoms with van der Waals surface area (Å²) < 4.78 is 0. The molecule has 0 saturated carbocycles. The molecule has 3 nitrogen and oxygen atoms in total. The number of aryl methyl sites for hydroxylation is 2. The predicted molar refractivity (Wildman–Crippen MR) is 91.4 cm³/mol. The third-order valence-corrected chi connectivity index (χ3v) is 5.00. The number of aliphatic imine (C=N–C) groups is 1. The third kappa shape index (κ3) is 2.82. The maximum atomic E-state index is 4.69. The SMILES string of the molecule is Cc1cc(C)c2c3c(sc2n1)C(NCCC(C)(C)C)=NC3. The molecule has 0 amide bonds. The summed E-state index contributed by atoms with van der Waals surface area (Å²) in [6.07, 6.45) is 1.14. The molecule has 3 heterocycles. The second kappa shape index (κ2) is 5.09. The zero-order chi connectivity index (χ0) is 15.2. The van der Waals surface area contributed by atoms with E-state index in [0.717, 1.165) is 35.9 Å². The van der Waals surface area contributed by atoms with Crippen LogP contribution in [0.25, 0.3) is 10.2 Å². The van der Waals surface area contributed by atoms with Crippen molar-refractivity contribution in [1.82, 2.24) is 10.3 Å². The Hall–Kier alpha value is -1.42. The first-order valence-corrected chi connectivity index (χ1v) is 8.35. The Kier molecular flexibility index (Phi) is 3.52. The molecule has 0 bridgehead atoms. The lowest BCUT2D eigenvalue weighted by Gasteiger charge is -2.18. The zero-order valence-electron chi connectivity index (χ0n) is 13.5. The topological polar surface area (TPSA) is 37.3 Å². The van der Waals surface area contributed by atoms with E-state index in [-0.39, 0.29) is 0 Å². The second-order valence-electron chi connectivity index (χ2n) is 7.07. The molecule has 0 saturated heterocycles. The van der Waals surface area contributed by atoms with Crippen molar-refractivity contribution in [1.29, 1.82) is 0 Å². The van der Waals surface area contributed by atoms with Crippen LogP contribution >= 0.6 is 11.3 Å². The van der Waals surface area contributed by atoms with Crippen molar-refractivity contribution in [2.45, 2.75) is 47.6 Å². The van der Waals surface area contributed by atoms with Gasteiger partial charge < -0.3 is 5.32 Å². The number of nitrogens with one attached hydrogen (secondary N) is 1. The Bertz CT molecular complexity index is 720. The molecule has 2 aromatic rings. The molecule has 4 heteroatoms. The average molecular weight is 301 g/mol. The van der Waals surface area contributed by atoms with Crippen LogP contribution < -0.4 is 5.32 Å². The second-order valence-corrected chi connectivity index (χ2v) is 8.07. The highest BCUT2D eigenvalue weighted by molar-refractivity contribution is 7.20. The molecule has 0 atom stereocenters. The number of amidine groups is 1. The monoisotopic (exact) mass is 301 g/mol. The number of aromatic nitrogens is 1. The van der Waals surface area contributed by atoms with Gasteiger partial charge in [-0.05, 0) is 37.3 Å². The minimum Gasteiger partial charge on any atom is -0.369 e. The maximum Gasteiger partial charge on any atom is 0.139 e. The highest BCUT2D eigenvalue weighted by Crippen LogP contribution is 2.36. The van der Waals surface area contributed by atoms with Crippen molar-refractivity contribution in [3.05, 3.63) is 27.8 Å². The van der Waals surface area contributed by atoms with Crippen LogP contribution in [0.2, 0.25) is 0 Å². The smallest absolute Gasteiger partial charge is 0.139 e. The third-order valence-electron chi connectivity index (χ3n) is 3.86. The molecule has 0 radical (unpaired) electrons. The van der Waals surface area contributed by atoms with Crippen molar-refractivity contribution >= 4 is 27.4 Å². The fourth-order valence-corrected chi connectivity index (χ4v) is 4.07. The highest BCUT2D eigenvalue weighted by Gasteiger charge is 2.23. The summed E-state index contributed by atoms with van der Waals surface area (Å²) in [5.74, 6) is 1.06. The lowest BCUT2D eigenvalue weighted by Crippen LogP contribution is -2.26. The number of pyridine rings is 1. The lowest BCUT2D eigenvalue weighted by molar-refractivity contribution is 0.378. The van der Waals surface area contributed by atoms with Crippen LogP contribution in [0.4, 0.5) is 0 Å². The first kappa shape index (κ1) is 14.5. The molecule has 1 N–H and O–H groups in total. The Balaban J connectivity index is 1.86. The number of thiophene rings is 1. The zero-order valence-corrected chi connectivity index (χ0v) is 14.3. The van der Waals surface area contributed by atoms with Crippen LogP contribution in [0.3, 0.4) is 0 Å². The number of hydrogen-bond acceptors (Lipinski definition) is 4. The summed E-state index contributed by atoms with van der Waals surface area (Å²) in [4.78, 5) is 11.8. The molecule has 0 fully saturated rings. The van der Waals surface area contributed by atoms with Gasteiger partial charge in [0.1, 0.15) is 10.7 Å². The van der Waals surface area contributed by atoms with Gasteiger partial charge >= 0.3 is 0 Å². The van der Waals surface area contributed by atoms with Gasteiger partial charge in [0, 0.05) is 23.2 Å². The molecule has 21 heavy (non-hydrogen) atoms. The lowest BCUT2D eigenvalue weighted by atomic mass is 9.92. The van der Waals surface area contributed by atoms with Crippen LogP contribution in [-0.2, 0) is 6.54 Å². The Labute approximate surface area is 130 Å². The van der Waals surface area contributed by atoms with Gasteiger partial charge in [-0.15, -0.1) is 11.3 Å². The van der Waals surface area contributed by atoms with E-state index in [1.807, 2.05) is 0 Å². The molecule has 0 aromatic carbocycles. The van der Waals surface area contributed by atoms with Crippen LogP contribution in [0.1, 0.15) is 48.9 Å². The number of fused-ring (bicyclic) bond motifs is 3. The van der Waals surface area contributed by atoms with Crippen LogP contribution in [-0.4, -0.2) is 17.4 Å². The van der Waals surface area contributed by atoms with Gasteiger partial charge in [0.25, 0.3) is 0 Å². The van der Waals surface area contributed by atoms with Gasteiger partial charge in [-0.25, -0.2) is 4.98 Å². The minimum absolute atomic E-state index is 0.352. The van der Waals surface area contributed by atoms with Crippen molar-refractivity contribution in [2.24, 2.45) is 10.4 Å². The maximum absolute atomic E-state index is 4.69. The van der Waals surface area contributed by atoms with E-state index in [1.54, 1.807) is 11.3 Å². The fourth-order valence-electron chi connectivity index (χ4n) is 2.78. The molecule has 0 unspecified atom stereocenters. The fraction of sp³-hybridized carbons (Fsp3) is 0.529. The first-order chi connectivity index (χ1) is 9.85. The van der Waals surface area contributed by atoms with E-state index in [9.17, 15) is 0 Å². The minimum atomic E-state index is 0.352. The van der Waals surface area contributed by atoms with E-state index in [1.165, 1.54) is 21.4 Å². The number of hydrogen-bond donors (Lipinski definition) is 1. The normalized spacial score (nSPS) is 14.4. The summed E-state index contributed by atoms with van der Waals surface area (Å²) in [5.41, 5.74) is 4.13. The van der Waals surface area contributed by atoms with Gasteiger partial charge in [0.15, 0.2) is 0 Å². The molecule has 3 rings (SSSR count). The average Bonchev–Trinajstić information content (AvgIpc) is 2.86. The van der Waals surface area contributed by atoms with E-state index in [2.05, 4.69) is 56.0 Å². The molecular weight excluding hydrogens is 278 g/mol. The summed E-state index contributed by atoms with van der Waals surface area (Å²) in [5, 5.41) is 4.84. The van der Waals surface area contributed by atoms with Gasteiger partial charge in [-0.3, -0.25) is 4.99 Å². The quantitative estimate of drug-likeness (QED) is 0.902. The molecule has 1 aliphatic heterocycles. The molecule has 1 aliphatic rings. The summed E-state index contributed by atoms with van der Waals surface area (Å²) in [6.45, 7) is 12.8. The number of rotatable bonds is 2. The van der Waals surface area contributed by atoms with Crippen molar-refractivity contribution in [3.63, 3.8) is 0 Å². The van der Waals surface area contributed by atoms with E-state index < -0.39 is 0 Å². The van der Waals surface area contributed by atoms with Crippen molar-refractivity contribution in [3.8, 4) is 0 Å². The number of nitrogens with zero attached hydrogens (tertiary/aromatic N) is 2. The van der Waals surface area contributed by atoms with Gasteiger partial charge in [-0.2, -0.15) is 0 Å². The molecule has 0 aliphatic carbocycles. The van der Waals surface area contributed by atoms with Crippen molar-refractivity contribution in [2.75, 3.05) is 6.54 Å². The largest absolute Gasteiger partial charge is 0.369 e. The summed E-state index contributed by atoms with van der Waals surface area (Å²) >= 11 is 1.78. The molecular formula is C17H23N3S.